The summed E-state index contributed by atoms with van der Waals surface area (Å²) in [5.74, 6) is 0.580. The van der Waals surface area contributed by atoms with Crippen LogP contribution >= 0.6 is 0 Å². The minimum absolute atomic E-state index is 0.261. The Bertz CT molecular complexity index is 1610. The van der Waals surface area contributed by atoms with Crippen LogP contribution in [0.4, 0.5) is 13.2 Å². The number of imidazole rings is 1. The number of halogens is 3. The van der Waals surface area contributed by atoms with E-state index < -0.39 is 11.7 Å². The average Bonchev–Trinajstić information content (AvgIpc) is 3.16. The fourth-order valence-corrected chi connectivity index (χ4v) is 4.18. The van der Waals surface area contributed by atoms with Gasteiger partial charge in [-0.1, -0.05) is 6.07 Å². The van der Waals surface area contributed by atoms with Gasteiger partial charge in [-0.05, 0) is 67.4 Å². The molecule has 4 heterocycles. The first-order chi connectivity index (χ1) is 17.2. The summed E-state index contributed by atoms with van der Waals surface area (Å²) in [6.45, 7) is 4.19. The molecule has 9 heteroatoms. The second-order valence-electron chi connectivity index (χ2n) is 8.71. The molecule has 0 aliphatic heterocycles. The van der Waals surface area contributed by atoms with Crippen molar-refractivity contribution in [3.05, 3.63) is 107 Å². The predicted octanol–water partition coefficient (Wildman–Crippen LogP) is 5.43. The lowest BCUT2D eigenvalue weighted by molar-refractivity contribution is -0.137. The topological polar surface area (TPSA) is 72.2 Å². The van der Waals surface area contributed by atoms with Crippen molar-refractivity contribution in [2.24, 2.45) is 0 Å². The second kappa shape index (κ2) is 9.07. The summed E-state index contributed by atoms with van der Waals surface area (Å²) in [6.07, 6.45) is 0.243. The van der Waals surface area contributed by atoms with Crippen LogP contribution in [0.5, 0.6) is 0 Å². The number of fused-ring (bicyclic) bond motifs is 2. The molecule has 5 aromatic rings. The van der Waals surface area contributed by atoms with E-state index in [1.165, 1.54) is 0 Å². The lowest BCUT2D eigenvalue weighted by Crippen LogP contribution is -2.23. The third-order valence-electron chi connectivity index (χ3n) is 6.00. The number of alkyl halides is 3. The molecule has 6 nitrogen and oxygen atoms in total. The molecule has 1 aromatic carbocycles. The van der Waals surface area contributed by atoms with E-state index in [4.69, 9.17) is 0 Å². The lowest BCUT2D eigenvalue weighted by Gasteiger charge is -2.09. The smallest absolute Gasteiger partial charge is 0.346 e. The standard InChI is InChI=1S/C27H22F3N5O/c1-16-6-8-35-17(2)34-24(25(35)9-16)15-33-26(36)19-5-7-31-22(13-19)11-18-3-4-23-20(10-18)12-21(14-32-23)27(28,29)30/h3-10,12-14H,11,15H2,1-2H3,(H,33,36). The van der Waals surface area contributed by atoms with E-state index in [0.717, 1.165) is 40.4 Å². The monoisotopic (exact) mass is 489 g/mol. The van der Waals surface area contributed by atoms with Crippen molar-refractivity contribution < 1.29 is 18.0 Å². The first-order valence-electron chi connectivity index (χ1n) is 11.3. The predicted molar refractivity (Wildman–Crippen MR) is 130 cm³/mol. The zero-order chi connectivity index (χ0) is 25.4. The largest absolute Gasteiger partial charge is 0.417 e. The number of aryl methyl sites for hydroxylation is 2. The van der Waals surface area contributed by atoms with Crippen LogP contribution in [0, 0.1) is 13.8 Å². The van der Waals surface area contributed by atoms with Crippen LogP contribution in [-0.2, 0) is 19.1 Å². The van der Waals surface area contributed by atoms with Crippen LogP contribution < -0.4 is 5.32 Å². The van der Waals surface area contributed by atoms with E-state index >= 15 is 0 Å². The highest BCUT2D eigenvalue weighted by Crippen LogP contribution is 2.30. The Morgan fingerprint density at radius 2 is 1.86 bits per heavy atom. The number of carbonyl (C=O) groups excluding carboxylic acids is 1. The van der Waals surface area contributed by atoms with Crippen LogP contribution in [0.15, 0.2) is 67.1 Å². The quantitative estimate of drug-likeness (QED) is 0.357. The number of nitrogens with one attached hydrogen (secondary N) is 1. The van der Waals surface area contributed by atoms with Gasteiger partial charge in [0.1, 0.15) is 5.82 Å². The molecule has 0 spiro atoms. The normalized spacial score (nSPS) is 11.8. The maximum absolute atomic E-state index is 13.1. The summed E-state index contributed by atoms with van der Waals surface area (Å²) in [5.41, 5.74) is 4.35. The fraction of sp³-hybridized carbons (Fsp3) is 0.185. The highest BCUT2D eigenvalue weighted by atomic mass is 19.4. The zero-order valence-corrected chi connectivity index (χ0v) is 19.6. The molecule has 182 valence electrons. The maximum atomic E-state index is 13.1. The Labute approximate surface area is 204 Å². The molecule has 0 aliphatic carbocycles. The molecule has 0 atom stereocenters. The van der Waals surface area contributed by atoms with E-state index in [0.29, 0.717) is 28.6 Å². The molecular weight excluding hydrogens is 467 g/mol. The van der Waals surface area contributed by atoms with Crippen molar-refractivity contribution in [2.45, 2.75) is 33.0 Å². The van der Waals surface area contributed by atoms with Gasteiger partial charge in [-0.15, -0.1) is 0 Å². The van der Waals surface area contributed by atoms with Gasteiger partial charge in [0.2, 0.25) is 0 Å². The van der Waals surface area contributed by atoms with E-state index in [-0.39, 0.29) is 12.5 Å². The van der Waals surface area contributed by atoms with Gasteiger partial charge in [-0.2, -0.15) is 13.2 Å². The molecule has 1 amide bonds. The van der Waals surface area contributed by atoms with Crippen molar-refractivity contribution in [3.63, 3.8) is 0 Å². The Morgan fingerprint density at radius 1 is 1.03 bits per heavy atom. The molecule has 0 aliphatic rings. The molecule has 0 bridgehead atoms. The number of rotatable bonds is 5. The third kappa shape index (κ3) is 4.77. The van der Waals surface area contributed by atoms with Gasteiger partial charge in [0.05, 0.1) is 28.8 Å². The van der Waals surface area contributed by atoms with Gasteiger partial charge < -0.3 is 9.72 Å². The fourth-order valence-electron chi connectivity index (χ4n) is 4.18. The number of benzene rings is 1. The number of aromatic nitrogens is 4. The highest BCUT2D eigenvalue weighted by Gasteiger charge is 2.31. The summed E-state index contributed by atoms with van der Waals surface area (Å²) < 4.78 is 41.2. The summed E-state index contributed by atoms with van der Waals surface area (Å²) in [5, 5.41) is 3.32. The minimum Gasteiger partial charge on any atom is -0.346 e. The molecular formula is C27H22F3N5O. The Balaban J connectivity index is 1.32. The Morgan fingerprint density at radius 3 is 2.67 bits per heavy atom. The Hall–Kier alpha value is -4.27. The molecule has 4 aromatic heterocycles. The van der Waals surface area contributed by atoms with E-state index in [1.807, 2.05) is 36.6 Å². The van der Waals surface area contributed by atoms with Gasteiger partial charge in [-0.25, -0.2) is 4.98 Å². The van der Waals surface area contributed by atoms with E-state index in [2.05, 4.69) is 20.3 Å². The maximum Gasteiger partial charge on any atom is 0.417 e. The van der Waals surface area contributed by atoms with E-state index in [9.17, 15) is 18.0 Å². The lowest BCUT2D eigenvalue weighted by atomic mass is 10.0. The van der Waals surface area contributed by atoms with Crippen molar-refractivity contribution >= 4 is 22.3 Å². The van der Waals surface area contributed by atoms with Gasteiger partial charge in [0, 0.05) is 41.7 Å². The Kier molecular flexibility index (Phi) is 5.91. The number of hydrogen-bond donors (Lipinski definition) is 1. The molecule has 5 rings (SSSR count). The number of nitrogens with zero attached hydrogens (tertiary/aromatic N) is 4. The first kappa shape index (κ1) is 23.5. The first-order valence-corrected chi connectivity index (χ1v) is 11.3. The van der Waals surface area contributed by atoms with Crippen molar-refractivity contribution in [1.82, 2.24) is 24.7 Å². The average molecular weight is 490 g/mol. The SMILES string of the molecule is Cc1ccn2c(C)nc(CNC(=O)c3ccnc(Cc4ccc5ncc(C(F)(F)F)cc5c4)c3)c2c1. The summed E-state index contributed by atoms with van der Waals surface area (Å²) in [4.78, 5) is 25.7. The van der Waals surface area contributed by atoms with Gasteiger partial charge in [-0.3, -0.25) is 14.8 Å². The molecule has 0 saturated heterocycles. The molecule has 0 fully saturated rings. The summed E-state index contributed by atoms with van der Waals surface area (Å²) in [6, 6.07) is 13.6. The van der Waals surface area contributed by atoms with Crippen molar-refractivity contribution in [2.75, 3.05) is 0 Å². The molecule has 0 unspecified atom stereocenters. The zero-order valence-electron chi connectivity index (χ0n) is 19.6. The van der Waals surface area contributed by atoms with Gasteiger partial charge in [0.25, 0.3) is 5.91 Å². The van der Waals surface area contributed by atoms with Crippen LogP contribution in [-0.4, -0.2) is 25.3 Å². The summed E-state index contributed by atoms with van der Waals surface area (Å²) >= 11 is 0. The van der Waals surface area contributed by atoms with Crippen molar-refractivity contribution in [3.8, 4) is 0 Å². The highest BCUT2D eigenvalue weighted by molar-refractivity contribution is 5.94. The van der Waals surface area contributed by atoms with Gasteiger partial charge >= 0.3 is 6.18 Å². The van der Waals surface area contributed by atoms with E-state index in [1.54, 1.807) is 36.5 Å². The molecule has 0 radical (unpaired) electrons. The molecule has 1 N–H and O–H groups in total. The molecule has 36 heavy (non-hydrogen) atoms. The van der Waals surface area contributed by atoms with Crippen LogP contribution in [0.25, 0.3) is 16.4 Å². The summed E-state index contributed by atoms with van der Waals surface area (Å²) in [7, 11) is 0. The second-order valence-corrected chi connectivity index (χ2v) is 8.71. The third-order valence-corrected chi connectivity index (χ3v) is 6.00. The van der Waals surface area contributed by atoms with Crippen LogP contribution in [0.3, 0.4) is 0 Å². The number of amides is 1. The number of carbonyl (C=O) groups is 1. The number of hydrogen-bond acceptors (Lipinski definition) is 4. The number of pyridine rings is 3. The van der Waals surface area contributed by atoms with Crippen molar-refractivity contribution in [1.29, 1.82) is 0 Å². The van der Waals surface area contributed by atoms with Crippen LogP contribution in [0.1, 0.15) is 44.3 Å². The van der Waals surface area contributed by atoms with Gasteiger partial charge in [0.15, 0.2) is 0 Å². The minimum atomic E-state index is -4.46. The molecule has 0 saturated carbocycles. The van der Waals surface area contributed by atoms with Crippen LogP contribution in [0.2, 0.25) is 0 Å².